The lowest BCUT2D eigenvalue weighted by Gasteiger charge is -2.07. The number of hydrogen-bond donors (Lipinski definition) is 1. The monoisotopic (exact) mass is 301 g/mol. The average molecular weight is 301 g/mol. The molecule has 0 aliphatic heterocycles. The highest BCUT2D eigenvalue weighted by atomic mass is 19.1. The quantitative estimate of drug-likeness (QED) is 0.805. The first-order valence-corrected chi connectivity index (χ1v) is 6.22. The third-order valence-electron chi connectivity index (χ3n) is 2.80. The molecule has 0 radical (unpaired) electrons. The molecule has 1 amide bonds. The van der Waals surface area contributed by atoms with Crippen molar-refractivity contribution in [1.29, 1.82) is 0 Å². The number of nitrogens with zero attached hydrogens (tertiary/aromatic N) is 4. The minimum Gasteiger partial charge on any atom is -0.319 e. The highest BCUT2D eigenvalue weighted by Gasteiger charge is 2.17. The Labute approximate surface area is 123 Å². The van der Waals surface area contributed by atoms with Crippen LogP contribution in [0.2, 0.25) is 0 Å². The van der Waals surface area contributed by atoms with Gasteiger partial charge >= 0.3 is 0 Å². The Kier molecular flexibility index (Phi) is 3.57. The van der Waals surface area contributed by atoms with Crippen LogP contribution in [0.4, 0.5) is 14.5 Å². The van der Waals surface area contributed by atoms with E-state index in [1.54, 1.807) is 18.5 Å². The molecule has 2 heterocycles. The van der Waals surface area contributed by atoms with Gasteiger partial charge in [0.25, 0.3) is 11.9 Å². The summed E-state index contributed by atoms with van der Waals surface area (Å²) in [6, 6.07) is 4.91. The summed E-state index contributed by atoms with van der Waals surface area (Å²) in [5.74, 6) is -2.48. The zero-order valence-electron chi connectivity index (χ0n) is 11.1. The smallest absolute Gasteiger partial charge is 0.261 e. The molecule has 8 heteroatoms. The van der Waals surface area contributed by atoms with Crippen LogP contribution in [-0.2, 0) is 0 Å². The SMILES string of the molecule is O=C(Nc1cnc(-n2cccn2)nc1)c1c(F)cccc1F. The Hall–Kier alpha value is -3.16. The molecule has 0 saturated heterocycles. The Bertz CT molecular complexity index is 782. The molecular formula is C14H9F2N5O. The zero-order chi connectivity index (χ0) is 15.5. The number of amides is 1. The maximum absolute atomic E-state index is 13.5. The van der Waals surface area contributed by atoms with Crippen LogP contribution in [0.25, 0.3) is 5.95 Å². The van der Waals surface area contributed by atoms with Crippen LogP contribution in [0.1, 0.15) is 10.4 Å². The Morgan fingerprint density at radius 3 is 2.36 bits per heavy atom. The second-order valence-corrected chi connectivity index (χ2v) is 4.27. The molecule has 6 nitrogen and oxygen atoms in total. The summed E-state index contributed by atoms with van der Waals surface area (Å²) in [5.41, 5.74) is -0.442. The number of halogens is 2. The first-order chi connectivity index (χ1) is 10.6. The summed E-state index contributed by atoms with van der Waals surface area (Å²) in [4.78, 5) is 19.9. The van der Waals surface area contributed by atoms with Gasteiger partial charge in [-0.05, 0) is 18.2 Å². The summed E-state index contributed by atoms with van der Waals surface area (Å²) < 4.78 is 28.5. The largest absolute Gasteiger partial charge is 0.319 e. The highest BCUT2D eigenvalue weighted by molar-refractivity contribution is 6.04. The third-order valence-corrected chi connectivity index (χ3v) is 2.80. The molecule has 0 aliphatic carbocycles. The molecule has 22 heavy (non-hydrogen) atoms. The Morgan fingerprint density at radius 2 is 1.77 bits per heavy atom. The van der Waals surface area contributed by atoms with Crippen molar-refractivity contribution in [2.45, 2.75) is 0 Å². The number of rotatable bonds is 3. The highest BCUT2D eigenvalue weighted by Crippen LogP contribution is 2.14. The summed E-state index contributed by atoms with van der Waals surface area (Å²) >= 11 is 0. The number of benzene rings is 1. The first kappa shape index (κ1) is 13.8. The van der Waals surface area contributed by atoms with E-state index in [2.05, 4.69) is 20.4 Å². The zero-order valence-corrected chi connectivity index (χ0v) is 11.1. The van der Waals surface area contributed by atoms with Crippen LogP contribution in [-0.4, -0.2) is 25.7 Å². The minimum atomic E-state index is -0.938. The second kappa shape index (κ2) is 5.68. The first-order valence-electron chi connectivity index (χ1n) is 6.22. The van der Waals surface area contributed by atoms with Gasteiger partial charge in [-0.1, -0.05) is 6.07 Å². The fourth-order valence-corrected chi connectivity index (χ4v) is 1.80. The maximum atomic E-state index is 13.5. The fraction of sp³-hybridized carbons (Fsp3) is 0. The van der Waals surface area contributed by atoms with Gasteiger partial charge in [0.1, 0.15) is 17.2 Å². The molecule has 2 aromatic heterocycles. The van der Waals surface area contributed by atoms with Crippen LogP contribution in [0.5, 0.6) is 0 Å². The topological polar surface area (TPSA) is 72.7 Å². The predicted octanol–water partition coefficient (Wildman–Crippen LogP) is 2.19. The van der Waals surface area contributed by atoms with E-state index < -0.39 is 23.1 Å². The van der Waals surface area contributed by atoms with E-state index in [9.17, 15) is 13.6 Å². The molecule has 0 spiro atoms. The fourth-order valence-electron chi connectivity index (χ4n) is 1.80. The van der Waals surface area contributed by atoms with Crippen molar-refractivity contribution in [3.63, 3.8) is 0 Å². The molecule has 1 aromatic carbocycles. The second-order valence-electron chi connectivity index (χ2n) is 4.27. The molecule has 0 unspecified atom stereocenters. The molecule has 0 atom stereocenters. The number of carbonyl (C=O) groups is 1. The molecule has 1 N–H and O–H groups in total. The van der Waals surface area contributed by atoms with Crippen molar-refractivity contribution in [1.82, 2.24) is 19.7 Å². The van der Waals surface area contributed by atoms with Crippen molar-refractivity contribution in [2.24, 2.45) is 0 Å². The van der Waals surface area contributed by atoms with Gasteiger partial charge < -0.3 is 5.32 Å². The summed E-state index contributed by atoms with van der Waals surface area (Å²) in [5, 5.41) is 6.29. The van der Waals surface area contributed by atoms with Gasteiger partial charge in [0.15, 0.2) is 0 Å². The van der Waals surface area contributed by atoms with Gasteiger partial charge in [-0.2, -0.15) is 5.10 Å². The summed E-state index contributed by atoms with van der Waals surface area (Å²) in [6.45, 7) is 0. The van der Waals surface area contributed by atoms with Crippen molar-refractivity contribution in [3.8, 4) is 5.95 Å². The number of carbonyl (C=O) groups excluding carboxylic acids is 1. The van der Waals surface area contributed by atoms with Gasteiger partial charge in [-0.3, -0.25) is 4.79 Å². The van der Waals surface area contributed by atoms with E-state index in [1.807, 2.05) is 0 Å². The van der Waals surface area contributed by atoms with E-state index in [-0.39, 0.29) is 5.69 Å². The third kappa shape index (κ3) is 2.66. The number of aromatic nitrogens is 4. The van der Waals surface area contributed by atoms with Gasteiger partial charge in [-0.25, -0.2) is 23.4 Å². The van der Waals surface area contributed by atoms with E-state index in [1.165, 1.54) is 23.1 Å². The van der Waals surface area contributed by atoms with Gasteiger partial charge in [0.2, 0.25) is 0 Å². The minimum absolute atomic E-state index is 0.212. The van der Waals surface area contributed by atoms with E-state index in [0.717, 1.165) is 12.1 Å². The normalized spacial score (nSPS) is 10.5. The molecule has 110 valence electrons. The van der Waals surface area contributed by atoms with E-state index >= 15 is 0 Å². The van der Waals surface area contributed by atoms with Crippen LogP contribution < -0.4 is 5.32 Å². The molecular weight excluding hydrogens is 292 g/mol. The van der Waals surface area contributed by atoms with Crippen molar-refractivity contribution in [3.05, 3.63) is 66.3 Å². The lowest BCUT2D eigenvalue weighted by Crippen LogP contribution is -2.16. The van der Waals surface area contributed by atoms with Crippen LogP contribution in [0, 0.1) is 11.6 Å². The lowest BCUT2D eigenvalue weighted by atomic mass is 10.2. The van der Waals surface area contributed by atoms with Crippen molar-refractivity contribution in [2.75, 3.05) is 5.32 Å². The lowest BCUT2D eigenvalue weighted by molar-refractivity contribution is 0.101. The van der Waals surface area contributed by atoms with Crippen LogP contribution >= 0.6 is 0 Å². The van der Waals surface area contributed by atoms with Crippen LogP contribution in [0.15, 0.2) is 49.1 Å². The number of hydrogen-bond acceptors (Lipinski definition) is 4. The summed E-state index contributed by atoms with van der Waals surface area (Å²) in [7, 11) is 0. The average Bonchev–Trinajstić information content (AvgIpc) is 3.02. The Balaban J connectivity index is 1.80. The van der Waals surface area contributed by atoms with Crippen LogP contribution in [0.3, 0.4) is 0 Å². The standard InChI is InChI=1S/C14H9F2N5O/c15-10-3-1-4-11(16)12(10)13(22)20-9-7-17-14(18-8-9)21-6-2-5-19-21/h1-8H,(H,20,22). The molecule has 0 aliphatic rings. The van der Waals surface area contributed by atoms with Crippen molar-refractivity contribution < 1.29 is 13.6 Å². The molecule has 0 bridgehead atoms. The number of anilines is 1. The van der Waals surface area contributed by atoms with Crippen molar-refractivity contribution >= 4 is 11.6 Å². The Morgan fingerprint density at radius 1 is 1.09 bits per heavy atom. The van der Waals surface area contributed by atoms with Gasteiger partial charge in [-0.15, -0.1) is 0 Å². The van der Waals surface area contributed by atoms with Gasteiger partial charge in [0, 0.05) is 12.4 Å². The van der Waals surface area contributed by atoms with Gasteiger partial charge in [0.05, 0.1) is 18.1 Å². The van der Waals surface area contributed by atoms with E-state index in [4.69, 9.17) is 0 Å². The molecule has 3 rings (SSSR count). The molecule has 3 aromatic rings. The predicted molar refractivity (Wildman–Crippen MR) is 73.5 cm³/mol. The molecule has 0 fully saturated rings. The van der Waals surface area contributed by atoms with E-state index in [0.29, 0.717) is 5.95 Å². The maximum Gasteiger partial charge on any atom is 0.261 e. The summed E-state index contributed by atoms with van der Waals surface area (Å²) in [6.07, 6.45) is 5.86. The molecule has 0 saturated carbocycles. The number of nitrogens with one attached hydrogen (secondary N) is 1.